The van der Waals surface area contributed by atoms with Gasteiger partial charge in [-0.25, -0.2) is 17.8 Å². The average molecular weight is 464 g/mol. The van der Waals surface area contributed by atoms with Gasteiger partial charge in [0, 0.05) is 32.4 Å². The van der Waals surface area contributed by atoms with E-state index in [1.165, 1.54) is 34.4 Å². The van der Waals surface area contributed by atoms with Crippen molar-refractivity contribution in [1.29, 1.82) is 0 Å². The third kappa shape index (κ3) is 4.77. The second-order valence-electron chi connectivity index (χ2n) is 7.26. The molecule has 1 aliphatic heterocycles. The van der Waals surface area contributed by atoms with E-state index in [2.05, 4.69) is 9.88 Å². The highest BCUT2D eigenvalue weighted by atomic mass is 32.2. The lowest BCUT2D eigenvalue weighted by Gasteiger charge is -2.29. The number of amides is 1. The number of halogens is 1. The van der Waals surface area contributed by atoms with E-state index in [-0.39, 0.29) is 16.0 Å². The molecule has 31 heavy (non-hydrogen) atoms. The van der Waals surface area contributed by atoms with Gasteiger partial charge in [0.2, 0.25) is 0 Å². The number of carbonyl (C=O) groups excluding carboxylic acids is 1. The standard InChI is InChI=1S/C21H22FN3O4S2/c1-31(27,28)18-8-3-2-5-15(18)20(26)25(10-9-24-11-13-29-14-12-24)21-23-19-16(22)6-4-7-17(19)30-21/h2-8H,9-14H2,1H3. The topological polar surface area (TPSA) is 79.8 Å². The Morgan fingerprint density at radius 1 is 1.19 bits per heavy atom. The van der Waals surface area contributed by atoms with Crippen molar-refractivity contribution >= 4 is 42.4 Å². The zero-order chi connectivity index (χ0) is 22.0. The van der Waals surface area contributed by atoms with Gasteiger partial charge in [0.05, 0.1) is 28.4 Å². The lowest BCUT2D eigenvalue weighted by atomic mass is 10.2. The fourth-order valence-corrected chi connectivity index (χ4v) is 5.37. The number of thiazole rings is 1. The van der Waals surface area contributed by atoms with E-state index in [1.54, 1.807) is 24.3 Å². The normalized spacial score (nSPS) is 15.3. The maximum Gasteiger partial charge on any atom is 0.261 e. The fraction of sp³-hybridized carbons (Fsp3) is 0.333. The summed E-state index contributed by atoms with van der Waals surface area (Å²) >= 11 is 1.20. The molecular weight excluding hydrogens is 441 g/mol. The number of benzene rings is 2. The van der Waals surface area contributed by atoms with Crippen molar-refractivity contribution < 1.29 is 22.3 Å². The molecule has 0 atom stereocenters. The maximum absolute atomic E-state index is 14.2. The zero-order valence-electron chi connectivity index (χ0n) is 17.0. The van der Waals surface area contributed by atoms with Gasteiger partial charge in [-0.2, -0.15) is 0 Å². The first-order valence-corrected chi connectivity index (χ1v) is 12.5. The Balaban J connectivity index is 1.73. The van der Waals surface area contributed by atoms with Crippen LogP contribution < -0.4 is 4.90 Å². The van der Waals surface area contributed by atoms with Crippen LogP contribution in [0.2, 0.25) is 0 Å². The number of rotatable bonds is 6. The lowest BCUT2D eigenvalue weighted by Crippen LogP contribution is -2.43. The lowest BCUT2D eigenvalue weighted by molar-refractivity contribution is 0.0391. The quantitative estimate of drug-likeness (QED) is 0.559. The Labute approximate surface area is 184 Å². The molecule has 7 nitrogen and oxygen atoms in total. The first-order chi connectivity index (χ1) is 14.8. The molecule has 3 aromatic rings. The molecule has 0 spiro atoms. The number of morpholine rings is 1. The third-order valence-electron chi connectivity index (χ3n) is 5.09. The SMILES string of the molecule is CS(=O)(=O)c1ccccc1C(=O)N(CCN1CCOCC1)c1nc2c(F)cccc2s1. The van der Waals surface area contributed by atoms with Gasteiger partial charge in [-0.05, 0) is 24.3 Å². The van der Waals surface area contributed by atoms with Gasteiger partial charge in [-0.15, -0.1) is 0 Å². The van der Waals surface area contributed by atoms with Crippen molar-refractivity contribution in [3.8, 4) is 0 Å². The Morgan fingerprint density at radius 3 is 2.65 bits per heavy atom. The summed E-state index contributed by atoms with van der Waals surface area (Å²) in [6.45, 7) is 3.59. The van der Waals surface area contributed by atoms with E-state index >= 15 is 0 Å². The monoisotopic (exact) mass is 463 g/mol. The number of fused-ring (bicyclic) bond motifs is 1. The maximum atomic E-state index is 14.2. The molecule has 164 valence electrons. The van der Waals surface area contributed by atoms with Crippen LogP contribution in [0.3, 0.4) is 0 Å². The molecule has 1 aliphatic rings. The Kier molecular flexibility index (Phi) is 6.33. The molecule has 1 saturated heterocycles. The van der Waals surface area contributed by atoms with Gasteiger partial charge in [-0.3, -0.25) is 14.6 Å². The highest BCUT2D eigenvalue weighted by Gasteiger charge is 2.27. The van der Waals surface area contributed by atoms with Crippen LogP contribution in [0.4, 0.5) is 9.52 Å². The second kappa shape index (κ2) is 8.99. The molecule has 4 rings (SSSR count). The molecular formula is C21H22FN3O4S2. The van der Waals surface area contributed by atoms with Crippen molar-refractivity contribution in [3.63, 3.8) is 0 Å². The van der Waals surface area contributed by atoms with E-state index in [0.29, 0.717) is 36.1 Å². The van der Waals surface area contributed by atoms with Crippen molar-refractivity contribution in [1.82, 2.24) is 9.88 Å². The van der Waals surface area contributed by atoms with Gasteiger partial charge >= 0.3 is 0 Å². The van der Waals surface area contributed by atoms with Crippen LogP contribution in [-0.4, -0.2) is 69.9 Å². The number of sulfone groups is 1. The van der Waals surface area contributed by atoms with E-state index in [9.17, 15) is 17.6 Å². The molecule has 0 aliphatic carbocycles. The van der Waals surface area contributed by atoms with E-state index in [4.69, 9.17) is 4.74 Å². The minimum Gasteiger partial charge on any atom is -0.379 e. The molecule has 0 bridgehead atoms. The number of hydrogen-bond donors (Lipinski definition) is 0. The summed E-state index contributed by atoms with van der Waals surface area (Å²) in [5.74, 6) is -0.939. The second-order valence-corrected chi connectivity index (χ2v) is 10.3. The number of nitrogens with zero attached hydrogens (tertiary/aromatic N) is 3. The third-order valence-corrected chi connectivity index (χ3v) is 7.29. The molecule has 0 saturated carbocycles. The molecule has 1 aromatic heterocycles. The smallest absolute Gasteiger partial charge is 0.261 e. The molecule has 10 heteroatoms. The van der Waals surface area contributed by atoms with Crippen LogP contribution in [-0.2, 0) is 14.6 Å². The van der Waals surface area contributed by atoms with Gasteiger partial charge < -0.3 is 4.74 Å². The summed E-state index contributed by atoms with van der Waals surface area (Å²) in [5.41, 5.74) is 0.273. The van der Waals surface area contributed by atoms with E-state index < -0.39 is 21.6 Å². The summed E-state index contributed by atoms with van der Waals surface area (Å²) in [6, 6.07) is 10.8. The summed E-state index contributed by atoms with van der Waals surface area (Å²) in [5, 5.41) is 0.335. The van der Waals surface area contributed by atoms with Gasteiger partial charge in [0.1, 0.15) is 11.3 Å². The van der Waals surface area contributed by atoms with Crippen LogP contribution in [0.5, 0.6) is 0 Å². The van der Waals surface area contributed by atoms with E-state index in [0.717, 1.165) is 19.3 Å². The number of hydrogen-bond acceptors (Lipinski definition) is 7. The molecule has 1 amide bonds. The van der Waals surface area contributed by atoms with Gasteiger partial charge in [-0.1, -0.05) is 29.5 Å². The summed E-state index contributed by atoms with van der Waals surface area (Å²) < 4.78 is 44.7. The Hall–Kier alpha value is -2.40. The highest BCUT2D eigenvalue weighted by molar-refractivity contribution is 7.90. The minimum absolute atomic E-state index is 0.0383. The number of anilines is 1. The fourth-order valence-electron chi connectivity index (χ4n) is 3.48. The minimum atomic E-state index is -3.61. The number of para-hydroxylation sites is 1. The van der Waals surface area contributed by atoms with Crippen LogP contribution in [0.15, 0.2) is 47.4 Å². The summed E-state index contributed by atoms with van der Waals surface area (Å²) in [4.78, 5) is 21.5. The van der Waals surface area contributed by atoms with Gasteiger partial charge in [0.15, 0.2) is 15.0 Å². The Bertz CT molecular complexity index is 1210. The van der Waals surface area contributed by atoms with Crippen molar-refractivity contribution in [2.75, 3.05) is 50.5 Å². The predicted molar refractivity (Wildman–Crippen MR) is 118 cm³/mol. The van der Waals surface area contributed by atoms with Crippen LogP contribution in [0, 0.1) is 5.82 Å². The van der Waals surface area contributed by atoms with Crippen LogP contribution in [0.1, 0.15) is 10.4 Å². The van der Waals surface area contributed by atoms with Crippen molar-refractivity contribution in [3.05, 3.63) is 53.8 Å². The first kappa shape index (κ1) is 21.8. The highest BCUT2D eigenvalue weighted by Crippen LogP contribution is 2.31. The van der Waals surface area contributed by atoms with Crippen molar-refractivity contribution in [2.24, 2.45) is 0 Å². The molecule has 1 fully saturated rings. The number of carbonyl (C=O) groups is 1. The molecule has 0 unspecified atom stereocenters. The molecule has 0 radical (unpaired) electrons. The van der Waals surface area contributed by atoms with Crippen LogP contribution >= 0.6 is 11.3 Å². The molecule has 2 heterocycles. The van der Waals surface area contributed by atoms with Crippen LogP contribution in [0.25, 0.3) is 10.2 Å². The largest absolute Gasteiger partial charge is 0.379 e. The number of aromatic nitrogens is 1. The number of ether oxygens (including phenoxy) is 1. The average Bonchev–Trinajstić information content (AvgIpc) is 3.19. The predicted octanol–water partition coefficient (Wildman–Crippen LogP) is 2.82. The zero-order valence-corrected chi connectivity index (χ0v) is 18.6. The van der Waals surface area contributed by atoms with Gasteiger partial charge in [0.25, 0.3) is 5.91 Å². The summed E-state index contributed by atoms with van der Waals surface area (Å²) in [7, 11) is -3.61. The van der Waals surface area contributed by atoms with Crippen molar-refractivity contribution in [2.45, 2.75) is 4.90 Å². The Morgan fingerprint density at radius 2 is 1.94 bits per heavy atom. The molecule has 2 aromatic carbocycles. The van der Waals surface area contributed by atoms with E-state index in [1.807, 2.05) is 0 Å². The molecule has 0 N–H and O–H groups in total. The first-order valence-electron chi connectivity index (χ1n) is 9.81. The summed E-state index contributed by atoms with van der Waals surface area (Å²) in [6.07, 6.45) is 1.07.